The Morgan fingerprint density at radius 3 is 2.33 bits per heavy atom. The average molecular weight is 495 g/mol. The maximum atomic E-state index is 5.96. The second kappa shape index (κ2) is 9.55. The normalized spacial score (nSPS) is 17.6. The maximum Gasteiger partial charge on any atom is 0.174 e. The first kappa shape index (κ1) is 24.3. The molecule has 0 spiro atoms. The Balaban J connectivity index is 1.67. The fourth-order valence-electron chi connectivity index (χ4n) is 5.39. The lowest BCUT2D eigenvalue weighted by Crippen LogP contribution is -2.29. The van der Waals surface area contributed by atoms with E-state index in [4.69, 9.17) is 17.2 Å². The fourth-order valence-corrected chi connectivity index (χ4v) is 5.73. The Bertz CT molecular complexity index is 1400. The van der Waals surface area contributed by atoms with Crippen LogP contribution < -0.4 is 10.2 Å². The van der Waals surface area contributed by atoms with Gasteiger partial charge in [0.1, 0.15) is 0 Å². The standard InChI is InChI=1S/C31H34N4S/c1-19(2)24-12-14-25(15-13-24)35-30(29(33-31(35)36)27-9-7-8-16-32-27)26-18-22(5)34(23(26)6)28-17-20(3)10-11-21(28)4/h7-19,29-30H,1-6H3,(H,33,36)/t29-,30+/m0/s1. The third-order valence-electron chi connectivity index (χ3n) is 7.33. The van der Waals surface area contributed by atoms with Crippen LogP contribution in [0.1, 0.15) is 71.2 Å². The van der Waals surface area contributed by atoms with Crippen LogP contribution in [0.15, 0.2) is 72.9 Å². The number of thiocarbonyl (C=S) groups is 1. The van der Waals surface area contributed by atoms with E-state index in [1.807, 2.05) is 18.3 Å². The molecule has 0 radical (unpaired) electrons. The second-order valence-electron chi connectivity index (χ2n) is 10.2. The number of aryl methyl sites for hydroxylation is 3. The first-order chi connectivity index (χ1) is 17.3. The summed E-state index contributed by atoms with van der Waals surface area (Å²) in [6, 6.07) is 23.8. The second-order valence-corrected chi connectivity index (χ2v) is 10.6. The van der Waals surface area contributed by atoms with E-state index in [9.17, 15) is 0 Å². The lowest BCUT2D eigenvalue weighted by molar-refractivity contribution is 0.565. The summed E-state index contributed by atoms with van der Waals surface area (Å²) >= 11 is 5.96. The minimum atomic E-state index is -0.0592. The van der Waals surface area contributed by atoms with Gasteiger partial charge >= 0.3 is 0 Å². The van der Waals surface area contributed by atoms with Crippen LogP contribution in [0.3, 0.4) is 0 Å². The van der Waals surface area contributed by atoms with Gasteiger partial charge in [-0.05, 0) is 104 Å². The molecule has 4 nitrogen and oxygen atoms in total. The van der Waals surface area contributed by atoms with Gasteiger partial charge in [0.2, 0.25) is 0 Å². The van der Waals surface area contributed by atoms with Crippen molar-refractivity contribution < 1.29 is 0 Å². The number of nitrogens with one attached hydrogen (secondary N) is 1. The molecule has 2 aromatic heterocycles. The molecular formula is C31H34N4S. The molecule has 2 aromatic carbocycles. The molecule has 2 atom stereocenters. The van der Waals surface area contributed by atoms with E-state index >= 15 is 0 Å². The Hall–Kier alpha value is -3.44. The van der Waals surface area contributed by atoms with Gasteiger partial charge in [-0.3, -0.25) is 4.98 Å². The summed E-state index contributed by atoms with van der Waals surface area (Å²) in [4.78, 5) is 7.00. The first-order valence-corrected chi connectivity index (χ1v) is 13.0. The number of anilines is 1. The van der Waals surface area contributed by atoms with Crippen LogP contribution >= 0.6 is 12.2 Å². The van der Waals surface area contributed by atoms with Crippen LogP contribution in [0.2, 0.25) is 0 Å². The van der Waals surface area contributed by atoms with Crippen LogP contribution in [0.4, 0.5) is 5.69 Å². The van der Waals surface area contributed by atoms with Crippen LogP contribution in [0, 0.1) is 27.7 Å². The van der Waals surface area contributed by atoms with Gasteiger partial charge in [0.25, 0.3) is 0 Å². The van der Waals surface area contributed by atoms with Crippen molar-refractivity contribution in [2.24, 2.45) is 0 Å². The number of benzene rings is 2. The predicted molar refractivity (Wildman–Crippen MR) is 153 cm³/mol. The summed E-state index contributed by atoms with van der Waals surface area (Å²) in [6.07, 6.45) is 1.86. The highest BCUT2D eigenvalue weighted by molar-refractivity contribution is 7.80. The molecule has 3 heterocycles. The van der Waals surface area contributed by atoms with Crippen LogP contribution in [-0.4, -0.2) is 14.7 Å². The zero-order valence-electron chi connectivity index (χ0n) is 21.9. The van der Waals surface area contributed by atoms with Crippen LogP contribution in [-0.2, 0) is 0 Å². The first-order valence-electron chi connectivity index (χ1n) is 12.6. The minimum absolute atomic E-state index is 0.0256. The molecule has 0 saturated carbocycles. The van der Waals surface area contributed by atoms with Crippen LogP contribution in [0.5, 0.6) is 0 Å². The maximum absolute atomic E-state index is 5.96. The summed E-state index contributed by atoms with van der Waals surface area (Å²) in [5.41, 5.74) is 10.8. The highest BCUT2D eigenvalue weighted by Crippen LogP contribution is 2.44. The SMILES string of the molecule is Cc1ccc(C)c(-n2c(C)cc([C@@H]3[C@H](c4ccccn4)NC(=S)N3c3ccc(C(C)C)cc3)c2C)c1. The highest BCUT2D eigenvalue weighted by atomic mass is 32.1. The summed E-state index contributed by atoms with van der Waals surface area (Å²) < 4.78 is 2.38. The summed E-state index contributed by atoms with van der Waals surface area (Å²) in [5, 5.41) is 4.33. The quantitative estimate of drug-likeness (QED) is 0.293. The van der Waals surface area contributed by atoms with Gasteiger partial charge in [-0.25, -0.2) is 0 Å². The molecule has 0 amide bonds. The van der Waals surface area contributed by atoms with Crippen molar-refractivity contribution in [2.45, 2.75) is 59.5 Å². The third-order valence-corrected chi connectivity index (χ3v) is 7.65. The molecule has 0 bridgehead atoms. The smallest absolute Gasteiger partial charge is 0.174 e. The lowest BCUT2D eigenvalue weighted by atomic mass is 9.96. The monoisotopic (exact) mass is 494 g/mol. The van der Waals surface area contributed by atoms with Crippen molar-refractivity contribution in [3.63, 3.8) is 0 Å². The molecule has 1 fully saturated rings. The summed E-state index contributed by atoms with van der Waals surface area (Å²) in [5.74, 6) is 0.483. The van der Waals surface area contributed by atoms with E-state index < -0.39 is 0 Å². The van der Waals surface area contributed by atoms with E-state index in [0.717, 1.165) is 16.5 Å². The number of hydrogen-bond acceptors (Lipinski definition) is 2. The molecule has 0 aliphatic carbocycles. The third kappa shape index (κ3) is 4.22. The molecule has 1 N–H and O–H groups in total. The summed E-state index contributed by atoms with van der Waals surface area (Å²) in [6.45, 7) is 13.2. The van der Waals surface area contributed by atoms with Crippen LogP contribution in [0.25, 0.3) is 5.69 Å². The fraction of sp³-hybridized carbons (Fsp3) is 0.290. The Labute approximate surface area is 220 Å². The van der Waals surface area contributed by atoms with Gasteiger partial charge in [0, 0.05) is 29.0 Å². The largest absolute Gasteiger partial charge is 0.351 e. The molecule has 1 saturated heterocycles. The number of aromatic nitrogens is 2. The molecule has 1 aliphatic heterocycles. The van der Waals surface area contributed by atoms with Gasteiger partial charge < -0.3 is 14.8 Å². The zero-order valence-corrected chi connectivity index (χ0v) is 22.7. The van der Waals surface area contributed by atoms with Gasteiger partial charge in [-0.15, -0.1) is 0 Å². The van der Waals surface area contributed by atoms with Crippen molar-refractivity contribution in [2.75, 3.05) is 4.90 Å². The van der Waals surface area contributed by atoms with E-state index in [1.165, 1.54) is 39.3 Å². The van der Waals surface area contributed by atoms with E-state index in [1.54, 1.807) is 0 Å². The Morgan fingerprint density at radius 2 is 1.67 bits per heavy atom. The number of rotatable bonds is 5. The molecule has 0 unspecified atom stereocenters. The van der Waals surface area contributed by atoms with Gasteiger partial charge in [-0.1, -0.05) is 44.2 Å². The van der Waals surface area contributed by atoms with Crippen molar-refractivity contribution in [3.05, 3.63) is 112 Å². The Kier molecular flexibility index (Phi) is 6.44. The van der Waals surface area contributed by atoms with Crippen molar-refractivity contribution >= 4 is 23.0 Å². The molecule has 1 aliphatic rings. The van der Waals surface area contributed by atoms with Gasteiger partial charge in [-0.2, -0.15) is 0 Å². The van der Waals surface area contributed by atoms with Gasteiger partial charge in [0.15, 0.2) is 5.11 Å². The van der Waals surface area contributed by atoms with Gasteiger partial charge in [0.05, 0.1) is 17.8 Å². The minimum Gasteiger partial charge on any atom is -0.351 e. The molecule has 36 heavy (non-hydrogen) atoms. The van der Waals surface area contributed by atoms with E-state index in [2.05, 4.69) is 111 Å². The topological polar surface area (TPSA) is 33.1 Å². The van der Waals surface area contributed by atoms with E-state index in [-0.39, 0.29) is 12.1 Å². The van der Waals surface area contributed by atoms with E-state index in [0.29, 0.717) is 5.92 Å². The molecule has 5 rings (SSSR count). The number of hydrogen-bond donors (Lipinski definition) is 1. The number of nitrogens with zero attached hydrogens (tertiary/aromatic N) is 3. The summed E-state index contributed by atoms with van der Waals surface area (Å²) in [7, 11) is 0. The Morgan fingerprint density at radius 1 is 0.917 bits per heavy atom. The molecule has 4 aromatic rings. The highest BCUT2D eigenvalue weighted by Gasteiger charge is 2.42. The predicted octanol–water partition coefficient (Wildman–Crippen LogP) is 7.41. The molecule has 184 valence electrons. The van der Waals surface area contributed by atoms with Crippen molar-refractivity contribution in [3.8, 4) is 5.69 Å². The molecule has 5 heteroatoms. The molecular weight excluding hydrogens is 460 g/mol. The average Bonchev–Trinajstić information content (AvgIpc) is 3.36. The number of pyridine rings is 1. The lowest BCUT2D eigenvalue weighted by Gasteiger charge is -2.28. The zero-order chi connectivity index (χ0) is 25.6. The van der Waals surface area contributed by atoms with Crippen molar-refractivity contribution in [1.82, 2.24) is 14.9 Å². The van der Waals surface area contributed by atoms with Crippen molar-refractivity contribution in [1.29, 1.82) is 0 Å².